The fourth-order valence-corrected chi connectivity index (χ4v) is 1.68. The summed E-state index contributed by atoms with van der Waals surface area (Å²) in [5.74, 6) is 0.847. The van der Waals surface area contributed by atoms with E-state index in [1.54, 1.807) is 0 Å². The van der Waals surface area contributed by atoms with Gasteiger partial charge in [-0.3, -0.25) is 4.79 Å². The Morgan fingerprint density at radius 2 is 2.13 bits per heavy atom. The second-order valence-corrected chi connectivity index (χ2v) is 3.73. The average molecular weight is 202 g/mol. The van der Waals surface area contributed by atoms with Crippen LogP contribution in [0.15, 0.2) is 34.7 Å². The van der Waals surface area contributed by atoms with Gasteiger partial charge in [0.15, 0.2) is 0 Å². The second kappa shape index (κ2) is 3.89. The number of para-hydroxylation sites is 1. The van der Waals surface area contributed by atoms with Crippen LogP contribution in [0.2, 0.25) is 0 Å². The topological polar surface area (TPSA) is 30.2 Å². The summed E-state index contributed by atoms with van der Waals surface area (Å²) in [4.78, 5) is 11.5. The van der Waals surface area contributed by atoms with Gasteiger partial charge in [-0.1, -0.05) is 25.1 Å². The highest BCUT2D eigenvalue weighted by molar-refractivity contribution is 5.86. The lowest BCUT2D eigenvalue weighted by Crippen LogP contribution is -2.05. The maximum Gasteiger partial charge on any atom is 0.142 e. The lowest BCUT2D eigenvalue weighted by atomic mass is 10.0. The summed E-state index contributed by atoms with van der Waals surface area (Å²) in [5.41, 5.74) is 0.850. The molecular formula is C13H14O2. The largest absolute Gasteiger partial charge is 0.460 e. The Morgan fingerprint density at radius 3 is 2.80 bits per heavy atom. The van der Waals surface area contributed by atoms with Gasteiger partial charge in [-0.25, -0.2) is 0 Å². The van der Waals surface area contributed by atoms with Crippen molar-refractivity contribution < 1.29 is 9.21 Å². The molecule has 0 saturated carbocycles. The average Bonchev–Trinajstić information content (AvgIpc) is 2.70. The predicted molar refractivity (Wildman–Crippen MR) is 59.9 cm³/mol. The first-order chi connectivity index (χ1) is 7.22. The van der Waals surface area contributed by atoms with Crippen LogP contribution >= 0.6 is 0 Å². The molecule has 0 bridgehead atoms. The molecule has 1 atom stereocenters. The summed E-state index contributed by atoms with van der Waals surface area (Å²) in [7, 11) is 0. The van der Waals surface area contributed by atoms with Gasteiger partial charge in [0.2, 0.25) is 0 Å². The first-order valence-corrected chi connectivity index (χ1v) is 5.23. The van der Waals surface area contributed by atoms with Gasteiger partial charge < -0.3 is 4.42 Å². The van der Waals surface area contributed by atoms with Gasteiger partial charge in [-0.15, -0.1) is 0 Å². The van der Waals surface area contributed by atoms with Crippen molar-refractivity contribution >= 4 is 16.8 Å². The van der Waals surface area contributed by atoms with Gasteiger partial charge in [-0.2, -0.15) is 0 Å². The van der Waals surface area contributed by atoms with Crippen LogP contribution in [0.25, 0.3) is 11.0 Å². The van der Waals surface area contributed by atoms with Gasteiger partial charge >= 0.3 is 0 Å². The van der Waals surface area contributed by atoms with Crippen molar-refractivity contribution in [3.63, 3.8) is 0 Å². The summed E-state index contributed by atoms with van der Waals surface area (Å²) >= 11 is 0. The molecule has 0 spiro atoms. The van der Waals surface area contributed by atoms with Crippen LogP contribution < -0.4 is 0 Å². The van der Waals surface area contributed by atoms with E-state index in [9.17, 15) is 4.79 Å². The number of benzene rings is 1. The van der Waals surface area contributed by atoms with Gasteiger partial charge in [-0.05, 0) is 19.1 Å². The molecule has 2 rings (SSSR count). The molecular weight excluding hydrogens is 188 g/mol. The monoisotopic (exact) mass is 202 g/mol. The van der Waals surface area contributed by atoms with Crippen LogP contribution in [0.4, 0.5) is 0 Å². The number of rotatable bonds is 3. The third-order valence-electron chi connectivity index (χ3n) is 2.70. The van der Waals surface area contributed by atoms with Crippen molar-refractivity contribution in [1.29, 1.82) is 0 Å². The number of hydrogen-bond acceptors (Lipinski definition) is 2. The van der Waals surface area contributed by atoms with Crippen LogP contribution in [0, 0.1) is 0 Å². The highest BCUT2D eigenvalue weighted by Gasteiger charge is 2.17. The van der Waals surface area contributed by atoms with Gasteiger partial charge in [0, 0.05) is 11.8 Å². The first kappa shape index (κ1) is 9.97. The summed E-state index contributed by atoms with van der Waals surface area (Å²) in [6.07, 6.45) is 0.554. The third-order valence-corrected chi connectivity index (χ3v) is 2.70. The molecule has 78 valence electrons. The van der Waals surface area contributed by atoms with Gasteiger partial charge in [0.1, 0.15) is 17.1 Å². The smallest absolute Gasteiger partial charge is 0.142 e. The van der Waals surface area contributed by atoms with E-state index in [0.29, 0.717) is 6.42 Å². The molecule has 1 aromatic heterocycles. The molecule has 1 unspecified atom stereocenters. The van der Waals surface area contributed by atoms with E-state index in [1.165, 1.54) is 0 Å². The molecule has 0 amide bonds. The maximum absolute atomic E-state index is 11.5. The van der Waals surface area contributed by atoms with Crippen molar-refractivity contribution in [2.75, 3.05) is 0 Å². The lowest BCUT2D eigenvalue weighted by Gasteiger charge is -2.03. The molecule has 0 radical (unpaired) electrons. The van der Waals surface area contributed by atoms with Gasteiger partial charge in [0.05, 0.1) is 5.92 Å². The molecule has 0 saturated heterocycles. The normalized spacial score (nSPS) is 12.9. The molecule has 0 aliphatic heterocycles. The third kappa shape index (κ3) is 1.80. The Morgan fingerprint density at radius 1 is 1.40 bits per heavy atom. The second-order valence-electron chi connectivity index (χ2n) is 3.73. The minimum absolute atomic E-state index is 0.137. The van der Waals surface area contributed by atoms with Crippen molar-refractivity contribution in [2.24, 2.45) is 0 Å². The van der Waals surface area contributed by atoms with E-state index in [2.05, 4.69) is 0 Å². The predicted octanol–water partition coefficient (Wildman–Crippen LogP) is 3.52. The zero-order valence-electron chi connectivity index (χ0n) is 8.99. The molecule has 15 heavy (non-hydrogen) atoms. The Kier molecular flexibility index (Phi) is 2.58. The highest BCUT2D eigenvalue weighted by atomic mass is 16.3. The van der Waals surface area contributed by atoms with Crippen LogP contribution in [0.3, 0.4) is 0 Å². The van der Waals surface area contributed by atoms with Crippen LogP contribution in [0.1, 0.15) is 31.9 Å². The quantitative estimate of drug-likeness (QED) is 0.762. The molecule has 0 aliphatic carbocycles. The Hall–Kier alpha value is -1.57. The Balaban J connectivity index is 2.40. The SMILES string of the molecule is CCC(=O)C(C)c1cc2ccccc2o1. The maximum atomic E-state index is 11.5. The molecule has 1 heterocycles. The number of ketones is 1. The van der Waals surface area contributed by atoms with Crippen molar-refractivity contribution in [1.82, 2.24) is 0 Å². The lowest BCUT2D eigenvalue weighted by molar-refractivity contribution is -0.120. The minimum atomic E-state index is -0.137. The first-order valence-electron chi connectivity index (χ1n) is 5.23. The van der Waals surface area contributed by atoms with E-state index in [-0.39, 0.29) is 11.7 Å². The van der Waals surface area contributed by atoms with Crippen LogP contribution in [-0.2, 0) is 4.79 Å². The van der Waals surface area contributed by atoms with Crippen LogP contribution in [0.5, 0.6) is 0 Å². The Bertz CT molecular complexity index is 449. The van der Waals surface area contributed by atoms with Crippen molar-refractivity contribution in [3.05, 3.63) is 36.1 Å². The fourth-order valence-electron chi connectivity index (χ4n) is 1.68. The van der Waals surface area contributed by atoms with Gasteiger partial charge in [0.25, 0.3) is 0 Å². The molecule has 0 aliphatic rings. The van der Waals surface area contributed by atoms with Crippen molar-refractivity contribution in [3.8, 4) is 0 Å². The summed E-state index contributed by atoms with van der Waals surface area (Å²) in [6.45, 7) is 3.77. The molecule has 0 fully saturated rings. The van der Waals surface area contributed by atoms with E-state index >= 15 is 0 Å². The standard InChI is InChI=1S/C13H14O2/c1-3-11(14)9(2)13-8-10-6-4-5-7-12(10)15-13/h4-9H,3H2,1-2H3. The summed E-state index contributed by atoms with van der Waals surface area (Å²) in [6, 6.07) is 9.76. The molecule has 1 aromatic carbocycles. The fraction of sp³-hybridized carbons (Fsp3) is 0.308. The molecule has 2 nitrogen and oxygen atoms in total. The van der Waals surface area contributed by atoms with E-state index < -0.39 is 0 Å². The number of fused-ring (bicyclic) bond motifs is 1. The molecule has 2 aromatic rings. The van der Waals surface area contributed by atoms with Crippen LogP contribution in [-0.4, -0.2) is 5.78 Å². The Labute approximate surface area is 88.9 Å². The zero-order chi connectivity index (χ0) is 10.8. The van der Waals surface area contributed by atoms with E-state index in [0.717, 1.165) is 16.7 Å². The van der Waals surface area contributed by atoms with E-state index in [4.69, 9.17) is 4.42 Å². The molecule has 2 heteroatoms. The molecule has 0 N–H and O–H groups in total. The summed E-state index contributed by atoms with van der Waals surface area (Å²) in [5, 5.41) is 1.06. The highest BCUT2D eigenvalue weighted by Crippen LogP contribution is 2.25. The number of hydrogen-bond donors (Lipinski definition) is 0. The number of carbonyl (C=O) groups is 1. The number of carbonyl (C=O) groups excluding carboxylic acids is 1. The number of furan rings is 1. The van der Waals surface area contributed by atoms with Crippen molar-refractivity contribution in [2.45, 2.75) is 26.2 Å². The minimum Gasteiger partial charge on any atom is -0.460 e. The zero-order valence-corrected chi connectivity index (χ0v) is 8.99. The number of Topliss-reactive ketones (excluding diaryl/α,β-unsaturated/α-hetero) is 1. The van der Waals surface area contributed by atoms with E-state index in [1.807, 2.05) is 44.2 Å². The summed E-state index contributed by atoms with van der Waals surface area (Å²) < 4.78 is 5.63.